The van der Waals surface area contributed by atoms with Gasteiger partial charge < -0.3 is 9.64 Å². The van der Waals surface area contributed by atoms with Crippen LogP contribution in [-0.2, 0) is 11.3 Å². The Labute approximate surface area is 169 Å². The minimum Gasteiger partial charge on any atom is -0.378 e. The van der Waals surface area contributed by atoms with E-state index in [4.69, 9.17) is 14.8 Å². The molecule has 0 aliphatic carbocycles. The van der Waals surface area contributed by atoms with Gasteiger partial charge in [0.1, 0.15) is 5.82 Å². The van der Waals surface area contributed by atoms with Crippen molar-refractivity contribution >= 4 is 11.3 Å². The molecule has 1 atom stereocenters. The molecule has 0 radical (unpaired) electrons. The van der Waals surface area contributed by atoms with Crippen LogP contribution in [-0.4, -0.2) is 58.9 Å². The molecule has 2 fully saturated rings. The standard InChI is InChI=1S/C22H26FN5O/c23-19-5-1-3-17(13-19)14-26-8-2-4-18(15-26)22-24-21-7-6-20(16-28(21)25-22)27-9-11-29-12-10-27/h1,3,5-7,13,16,18H,2,4,8-12,14-15H2/t18-/m1/s1. The minimum atomic E-state index is -0.172. The summed E-state index contributed by atoms with van der Waals surface area (Å²) < 4.78 is 20.9. The number of pyridine rings is 1. The summed E-state index contributed by atoms with van der Waals surface area (Å²) in [5.41, 5.74) is 3.07. The number of piperidine rings is 1. The zero-order valence-electron chi connectivity index (χ0n) is 16.5. The number of anilines is 1. The van der Waals surface area contributed by atoms with E-state index >= 15 is 0 Å². The second-order valence-electron chi connectivity index (χ2n) is 7.96. The summed E-state index contributed by atoms with van der Waals surface area (Å²) in [5.74, 6) is 1.05. The van der Waals surface area contributed by atoms with Gasteiger partial charge in [0.2, 0.25) is 0 Å². The van der Waals surface area contributed by atoms with Gasteiger partial charge in [0.25, 0.3) is 0 Å². The molecule has 7 heteroatoms. The average Bonchev–Trinajstić information content (AvgIpc) is 3.18. The molecule has 1 aromatic carbocycles. The highest BCUT2D eigenvalue weighted by molar-refractivity contribution is 5.51. The Morgan fingerprint density at radius 3 is 2.86 bits per heavy atom. The van der Waals surface area contributed by atoms with E-state index in [1.54, 1.807) is 12.1 Å². The van der Waals surface area contributed by atoms with Crippen LogP contribution in [0.2, 0.25) is 0 Å². The van der Waals surface area contributed by atoms with Gasteiger partial charge in [0.15, 0.2) is 11.5 Å². The molecule has 2 saturated heterocycles. The van der Waals surface area contributed by atoms with E-state index in [1.165, 1.54) is 6.07 Å². The Balaban J connectivity index is 1.31. The fourth-order valence-electron chi connectivity index (χ4n) is 4.37. The van der Waals surface area contributed by atoms with Crippen molar-refractivity contribution in [2.75, 3.05) is 44.3 Å². The molecular weight excluding hydrogens is 369 g/mol. The quantitative estimate of drug-likeness (QED) is 0.679. The van der Waals surface area contributed by atoms with Crippen molar-refractivity contribution in [1.82, 2.24) is 19.5 Å². The maximum atomic E-state index is 13.5. The number of aromatic nitrogens is 3. The van der Waals surface area contributed by atoms with Crippen LogP contribution in [0.4, 0.5) is 10.1 Å². The maximum absolute atomic E-state index is 13.5. The number of ether oxygens (including phenoxy) is 1. The first-order valence-electron chi connectivity index (χ1n) is 10.4. The van der Waals surface area contributed by atoms with Gasteiger partial charge in [-0.2, -0.15) is 5.10 Å². The number of likely N-dealkylation sites (tertiary alicyclic amines) is 1. The number of hydrogen-bond donors (Lipinski definition) is 0. The minimum absolute atomic E-state index is 0.172. The summed E-state index contributed by atoms with van der Waals surface area (Å²) in [5, 5.41) is 4.81. The Morgan fingerprint density at radius 2 is 2.00 bits per heavy atom. The molecule has 2 aromatic heterocycles. The first-order chi connectivity index (χ1) is 14.2. The lowest BCUT2D eigenvalue weighted by atomic mass is 9.97. The fraction of sp³-hybridized carbons (Fsp3) is 0.455. The van der Waals surface area contributed by atoms with E-state index in [0.717, 1.165) is 81.5 Å². The zero-order valence-corrected chi connectivity index (χ0v) is 16.5. The second-order valence-corrected chi connectivity index (χ2v) is 7.96. The molecule has 0 bridgehead atoms. The van der Waals surface area contributed by atoms with Crippen molar-refractivity contribution < 1.29 is 9.13 Å². The van der Waals surface area contributed by atoms with Crippen LogP contribution in [0.1, 0.15) is 30.1 Å². The molecule has 0 unspecified atom stereocenters. The van der Waals surface area contributed by atoms with Crippen LogP contribution < -0.4 is 4.90 Å². The highest BCUT2D eigenvalue weighted by atomic mass is 19.1. The van der Waals surface area contributed by atoms with Crippen LogP contribution in [0.25, 0.3) is 5.65 Å². The van der Waals surface area contributed by atoms with E-state index < -0.39 is 0 Å². The molecule has 6 nitrogen and oxygen atoms in total. The van der Waals surface area contributed by atoms with Gasteiger partial charge in [-0.1, -0.05) is 12.1 Å². The van der Waals surface area contributed by atoms with Crippen molar-refractivity contribution in [3.8, 4) is 0 Å². The smallest absolute Gasteiger partial charge is 0.156 e. The lowest BCUT2D eigenvalue weighted by molar-refractivity contribution is 0.122. The number of morpholine rings is 1. The topological polar surface area (TPSA) is 45.9 Å². The van der Waals surface area contributed by atoms with Crippen molar-refractivity contribution in [2.45, 2.75) is 25.3 Å². The highest BCUT2D eigenvalue weighted by Gasteiger charge is 2.25. The Morgan fingerprint density at radius 1 is 1.10 bits per heavy atom. The Kier molecular flexibility index (Phi) is 5.16. The number of nitrogens with zero attached hydrogens (tertiary/aromatic N) is 5. The molecule has 0 spiro atoms. The number of hydrogen-bond acceptors (Lipinski definition) is 5. The lowest BCUT2D eigenvalue weighted by Crippen LogP contribution is -2.36. The highest BCUT2D eigenvalue weighted by Crippen LogP contribution is 2.27. The molecule has 0 N–H and O–H groups in total. The summed E-state index contributed by atoms with van der Waals surface area (Å²) in [6.07, 6.45) is 4.27. The summed E-state index contributed by atoms with van der Waals surface area (Å²) in [6.45, 7) is 6.05. The number of benzene rings is 1. The molecule has 4 heterocycles. The Bertz CT molecular complexity index is 984. The summed E-state index contributed by atoms with van der Waals surface area (Å²) in [7, 11) is 0. The van der Waals surface area contributed by atoms with Crippen molar-refractivity contribution in [2.24, 2.45) is 0 Å². The van der Waals surface area contributed by atoms with Crippen molar-refractivity contribution in [3.05, 3.63) is 59.8 Å². The first-order valence-corrected chi connectivity index (χ1v) is 10.4. The maximum Gasteiger partial charge on any atom is 0.156 e. The van der Waals surface area contributed by atoms with Crippen molar-refractivity contribution in [1.29, 1.82) is 0 Å². The molecule has 3 aromatic rings. The fourth-order valence-corrected chi connectivity index (χ4v) is 4.37. The van der Waals surface area contributed by atoms with Crippen LogP contribution in [0.3, 0.4) is 0 Å². The normalized spacial score (nSPS) is 21.0. The zero-order chi connectivity index (χ0) is 19.6. The lowest BCUT2D eigenvalue weighted by Gasteiger charge is -2.31. The van der Waals surface area contributed by atoms with Crippen LogP contribution in [0.15, 0.2) is 42.6 Å². The van der Waals surface area contributed by atoms with E-state index in [1.807, 2.05) is 10.6 Å². The molecule has 152 valence electrons. The van der Waals surface area contributed by atoms with Crippen LogP contribution >= 0.6 is 0 Å². The molecular formula is C22H26FN5O. The van der Waals surface area contributed by atoms with Gasteiger partial charge in [-0.3, -0.25) is 4.90 Å². The van der Waals surface area contributed by atoms with E-state index in [9.17, 15) is 4.39 Å². The largest absolute Gasteiger partial charge is 0.378 e. The van der Waals surface area contributed by atoms with Crippen LogP contribution in [0, 0.1) is 5.82 Å². The Hall–Kier alpha value is -2.51. The molecule has 29 heavy (non-hydrogen) atoms. The molecule has 0 saturated carbocycles. The molecule has 2 aliphatic heterocycles. The van der Waals surface area contributed by atoms with Crippen LogP contribution in [0.5, 0.6) is 0 Å². The predicted octanol–water partition coefficient (Wildman–Crippen LogP) is 3.08. The summed E-state index contributed by atoms with van der Waals surface area (Å²) in [6, 6.07) is 11.1. The summed E-state index contributed by atoms with van der Waals surface area (Å²) >= 11 is 0. The van der Waals surface area contributed by atoms with Gasteiger partial charge in [0, 0.05) is 32.1 Å². The number of fused-ring (bicyclic) bond motifs is 1. The third-order valence-electron chi connectivity index (χ3n) is 5.87. The summed E-state index contributed by atoms with van der Waals surface area (Å²) in [4.78, 5) is 9.51. The number of halogens is 1. The van der Waals surface area contributed by atoms with Gasteiger partial charge in [-0.05, 0) is 49.2 Å². The third kappa shape index (κ3) is 4.11. The second kappa shape index (κ2) is 8.08. The van der Waals surface area contributed by atoms with Gasteiger partial charge in [-0.15, -0.1) is 0 Å². The van der Waals surface area contributed by atoms with E-state index in [-0.39, 0.29) is 5.82 Å². The third-order valence-corrected chi connectivity index (χ3v) is 5.87. The van der Waals surface area contributed by atoms with Gasteiger partial charge in [0.05, 0.1) is 25.1 Å². The predicted molar refractivity (Wildman–Crippen MR) is 110 cm³/mol. The van der Waals surface area contributed by atoms with Crippen molar-refractivity contribution in [3.63, 3.8) is 0 Å². The average molecular weight is 395 g/mol. The molecule has 0 amide bonds. The first kappa shape index (κ1) is 18.5. The molecule has 2 aliphatic rings. The van der Waals surface area contributed by atoms with E-state index in [0.29, 0.717) is 5.92 Å². The van der Waals surface area contributed by atoms with E-state index in [2.05, 4.69) is 28.1 Å². The van der Waals surface area contributed by atoms with Gasteiger partial charge in [-0.25, -0.2) is 13.9 Å². The number of rotatable bonds is 4. The molecule has 5 rings (SSSR count). The van der Waals surface area contributed by atoms with Gasteiger partial charge >= 0.3 is 0 Å². The SMILES string of the molecule is Fc1cccc(CN2CCC[C@@H](c3nc4ccc(N5CCOCC5)cn4n3)C2)c1. The monoisotopic (exact) mass is 395 g/mol.